The van der Waals surface area contributed by atoms with Gasteiger partial charge in [0.15, 0.2) is 0 Å². The van der Waals surface area contributed by atoms with E-state index in [1.165, 1.54) is 0 Å². The zero-order valence-corrected chi connectivity index (χ0v) is 5.99. The van der Waals surface area contributed by atoms with Gasteiger partial charge in [0, 0.05) is 0 Å². The predicted octanol–water partition coefficient (Wildman–Crippen LogP) is 1.06. The van der Waals surface area contributed by atoms with E-state index in [2.05, 4.69) is 27.4 Å². The minimum Gasteiger partial charge on any atom is -0.338 e. The molecule has 0 saturated carbocycles. The molecule has 1 nitrogen and oxygen atoms in total. The second kappa shape index (κ2) is 2.64. The van der Waals surface area contributed by atoms with Crippen LogP contribution in [0, 0.1) is 0 Å². The SMILES string of the molecule is CB(Br)N(C)C. The Balaban J connectivity index is 2.99. The van der Waals surface area contributed by atoms with Crippen molar-refractivity contribution in [3.8, 4) is 0 Å². The van der Waals surface area contributed by atoms with Crippen molar-refractivity contribution >= 4 is 21.4 Å². The number of nitrogens with zero attached hydrogens (tertiary/aromatic N) is 1. The van der Waals surface area contributed by atoms with E-state index in [0.29, 0.717) is 5.67 Å². The molecule has 0 heterocycles. The highest BCUT2D eigenvalue weighted by Gasteiger charge is 2.00. The summed E-state index contributed by atoms with van der Waals surface area (Å²) in [6.45, 7) is 2.08. The van der Waals surface area contributed by atoms with E-state index >= 15 is 0 Å². The molecule has 0 aromatic carbocycles. The van der Waals surface area contributed by atoms with Crippen LogP contribution in [0.25, 0.3) is 0 Å². The van der Waals surface area contributed by atoms with E-state index in [1.54, 1.807) is 0 Å². The van der Waals surface area contributed by atoms with Crippen LogP contribution < -0.4 is 0 Å². The van der Waals surface area contributed by atoms with Crippen molar-refractivity contribution in [1.29, 1.82) is 0 Å². The van der Waals surface area contributed by atoms with Crippen molar-refractivity contribution < 1.29 is 0 Å². The van der Waals surface area contributed by atoms with E-state index in [-0.39, 0.29) is 0 Å². The molecular weight excluding hydrogens is 141 g/mol. The Kier molecular flexibility index (Phi) is 2.86. The van der Waals surface area contributed by atoms with Gasteiger partial charge >= 0.3 is 0 Å². The number of hydrogen-bond acceptors (Lipinski definition) is 1. The molecule has 3 heteroatoms. The van der Waals surface area contributed by atoms with Gasteiger partial charge in [-0.15, -0.1) is 15.8 Å². The van der Waals surface area contributed by atoms with Crippen LogP contribution >= 0.6 is 15.8 Å². The lowest BCUT2D eigenvalue weighted by Gasteiger charge is -2.06. The third kappa shape index (κ3) is 2.73. The molecular formula is C3H9BBrN. The van der Waals surface area contributed by atoms with Crippen LogP contribution in [0.2, 0.25) is 6.82 Å². The first-order valence-electron chi connectivity index (χ1n) is 1.95. The first-order valence-corrected chi connectivity index (χ1v) is 2.86. The van der Waals surface area contributed by atoms with Crippen molar-refractivity contribution in [3.63, 3.8) is 0 Å². The molecule has 0 aliphatic rings. The van der Waals surface area contributed by atoms with Crippen LogP contribution in [-0.4, -0.2) is 24.6 Å². The highest BCUT2D eigenvalue weighted by molar-refractivity contribution is 9.24. The van der Waals surface area contributed by atoms with E-state index in [9.17, 15) is 0 Å². The average molecular weight is 150 g/mol. The maximum atomic E-state index is 3.36. The lowest BCUT2D eigenvalue weighted by Crippen LogP contribution is -2.22. The van der Waals surface area contributed by atoms with Crippen LogP contribution in [0.3, 0.4) is 0 Å². The van der Waals surface area contributed by atoms with Gasteiger partial charge in [0.1, 0.15) is 0 Å². The first kappa shape index (κ1) is 6.50. The molecule has 0 aromatic heterocycles. The monoisotopic (exact) mass is 149 g/mol. The van der Waals surface area contributed by atoms with Crippen LogP contribution in [0.4, 0.5) is 0 Å². The number of hydrogen-bond donors (Lipinski definition) is 0. The van der Waals surface area contributed by atoms with Crippen LogP contribution in [0.1, 0.15) is 0 Å². The van der Waals surface area contributed by atoms with E-state index < -0.39 is 0 Å². The van der Waals surface area contributed by atoms with Gasteiger partial charge < -0.3 is 4.81 Å². The molecule has 0 aliphatic carbocycles. The van der Waals surface area contributed by atoms with Crippen molar-refractivity contribution in [3.05, 3.63) is 0 Å². The van der Waals surface area contributed by atoms with Crippen molar-refractivity contribution in [2.45, 2.75) is 6.82 Å². The summed E-state index contributed by atoms with van der Waals surface area (Å²) in [7, 11) is 4.05. The Morgan fingerprint density at radius 3 is 1.67 bits per heavy atom. The Labute approximate surface area is 47.8 Å². The standard InChI is InChI=1S/C3H9BBrN/c1-4(5)6(2)3/h1-3H3. The summed E-state index contributed by atoms with van der Waals surface area (Å²) >= 11 is 3.36. The summed E-state index contributed by atoms with van der Waals surface area (Å²) in [4.78, 5) is 2.08. The lowest BCUT2D eigenvalue weighted by molar-refractivity contribution is 0.661. The zero-order chi connectivity index (χ0) is 5.15. The van der Waals surface area contributed by atoms with Gasteiger partial charge in [0.2, 0.25) is 0 Å². The van der Waals surface area contributed by atoms with Gasteiger partial charge in [-0.2, -0.15) is 0 Å². The topological polar surface area (TPSA) is 3.24 Å². The number of rotatable bonds is 1. The van der Waals surface area contributed by atoms with Gasteiger partial charge in [0.05, 0.1) is 0 Å². The van der Waals surface area contributed by atoms with Gasteiger partial charge in [-0.3, -0.25) is 0 Å². The molecule has 0 atom stereocenters. The fraction of sp³-hybridized carbons (Fsp3) is 1.00. The summed E-state index contributed by atoms with van der Waals surface area (Å²) in [5.41, 5.74) is 0.498. The van der Waals surface area contributed by atoms with Gasteiger partial charge in [-0.05, 0) is 14.1 Å². The lowest BCUT2D eigenvalue weighted by atomic mass is 9.98. The van der Waals surface area contributed by atoms with Crippen LogP contribution in [0.5, 0.6) is 0 Å². The summed E-state index contributed by atoms with van der Waals surface area (Å²) in [5.74, 6) is 0. The molecule has 0 rings (SSSR count). The third-order valence-corrected chi connectivity index (χ3v) is 1.53. The average Bonchev–Trinajstić information content (AvgIpc) is 1.36. The molecule has 0 aliphatic heterocycles. The van der Waals surface area contributed by atoms with Gasteiger partial charge in [-0.1, -0.05) is 6.82 Å². The molecule has 0 unspecified atom stereocenters. The molecule has 0 fully saturated rings. The Morgan fingerprint density at radius 1 is 1.50 bits per heavy atom. The molecule has 0 radical (unpaired) electrons. The van der Waals surface area contributed by atoms with Crippen molar-refractivity contribution in [2.24, 2.45) is 0 Å². The molecule has 0 saturated heterocycles. The fourth-order valence-electron chi connectivity index (χ4n) is 0. The molecule has 0 aromatic rings. The molecule has 0 N–H and O–H groups in total. The van der Waals surface area contributed by atoms with Crippen molar-refractivity contribution in [1.82, 2.24) is 4.81 Å². The van der Waals surface area contributed by atoms with Crippen molar-refractivity contribution in [2.75, 3.05) is 14.1 Å². The minimum atomic E-state index is 0.498. The fourth-order valence-corrected chi connectivity index (χ4v) is 0. The second-order valence-electron chi connectivity index (χ2n) is 1.54. The first-order chi connectivity index (χ1) is 2.64. The van der Waals surface area contributed by atoms with Gasteiger partial charge in [-0.25, -0.2) is 0 Å². The van der Waals surface area contributed by atoms with E-state index in [1.807, 2.05) is 14.1 Å². The normalized spacial score (nSPS) is 9.50. The van der Waals surface area contributed by atoms with Crippen LogP contribution in [-0.2, 0) is 0 Å². The Hall–Kier alpha value is 0.505. The summed E-state index contributed by atoms with van der Waals surface area (Å²) in [5, 5.41) is 0. The molecule has 6 heavy (non-hydrogen) atoms. The Morgan fingerprint density at radius 2 is 1.67 bits per heavy atom. The summed E-state index contributed by atoms with van der Waals surface area (Å²) in [6.07, 6.45) is 0. The maximum Gasteiger partial charge on any atom is 0.299 e. The zero-order valence-electron chi connectivity index (χ0n) is 4.40. The highest BCUT2D eigenvalue weighted by atomic mass is 79.9. The predicted molar refractivity (Wildman–Crippen MR) is 34.2 cm³/mol. The molecule has 0 amide bonds. The smallest absolute Gasteiger partial charge is 0.299 e. The molecule has 0 bridgehead atoms. The largest absolute Gasteiger partial charge is 0.338 e. The number of halogens is 1. The highest BCUT2D eigenvalue weighted by Crippen LogP contribution is 1.92. The minimum absolute atomic E-state index is 0.498. The molecule has 36 valence electrons. The van der Waals surface area contributed by atoms with E-state index in [0.717, 1.165) is 0 Å². The van der Waals surface area contributed by atoms with Crippen LogP contribution in [0.15, 0.2) is 0 Å². The Bertz CT molecular complexity index is 31.8. The van der Waals surface area contributed by atoms with E-state index in [4.69, 9.17) is 0 Å². The van der Waals surface area contributed by atoms with Gasteiger partial charge in [0.25, 0.3) is 5.67 Å². The summed E-state index contributed by atoms with van der Waals surface area (Å²) < 4.78 is 0. The second-order valence-corrected chi connectivity index (χ2v) is 2.86. The molecule has 0 spiro atoms. The maximum absolute atomic E-state index is 3.36. The quantitative estimate of drug-likeness (QED) is 0.505. The summed E-state index contributed by atoms with van der Waals surface area (Å²) in [6, 6.07) is 0. The third-order valence-electron chi connectivity index (χ3n) is 0.712.